The van der Waals surface area contributed by atoms with Gasteiger partial charge in [0.1, 0.15) is 5.88 Å². The molecule has 1 atom stereocenters. The number of carbonyl (C=O) groups is 1. The van der Waals surface area contributed by atoms with Crippen LogP contribution in [0.4, 0.5) is 5.69 Å². The van der Waals surface area contributed by atoms with Crippen molar-refractivity contribution in [2.24, 2.45) is 0 Å². The Morgan fingerprint density at radius 3 is 2.59 bits per heavy atom. The summed E-state index contributed by atoms with van der Waals surface area (Å²) >= 11 is 5.76. The molecule has 1 heterocycles. The first kappa shape index (κ1) is 15.3. The number of nitrogens with zero attached hydrogens (tertiary/aromatic N) is 1. The van der Waals surface area contributed by atoms with Gasteiger partial charge >= 0.3 is 0 Å². The van der Waals surface area contributed by atoms with Crippen LogP contribution in [0, 0.1) is 0 Å². The van der Waals surface area contributed by atoms with Crippen molar-refractivity contribution in [3.8, 4) is 0 Å². The van der Waals surface area contributed by atoms with Gasteiger partial charge in [0.15, 0.2) is 9.84 Å². The molecule has 0 radical (unpaired) electrons. The van der Waals surface area contributed by atoms with E-state index >= 15 is 0 Å². The van der Waals surface area contributed by atoms with Gasteiger partial charge in [-0.05, 0) is 17.9 Å². The Kier molecular flexibility index (Phi) is 4.10. The Balaban J connectivity index is 2.11. The Morgan fingerprint density at radius 2 is 1.91 bits per heavy atom. The van der Waals surface area contributed by atoms with Gasteiger partial charge in [-0.25, -0.2) is 8.42 Å². The third-order valence-corrected chi connectivity index (χ3v) is 5.96. The maximum absolute atomic E-state index is 12.4. The standard InChI is InChI=1S/C16H16ClNO3S/c17-10-16(19)18(13-8-9-22(20,21)11-13)15-7-3-5-12-4-1-2-6-14(12)15/h1-7,13H,8-11H2. The second-order valence-electron chi connectivity index (χ2n) is 5.45. The van der Waals surface area contributed by atoms with Crippen LogP contribution in [0.3, 0.4) is 0 Å². The third kappa shape index (κ3) is 2.83. The van der Waals surface area contributed by atoms with Crippen LogP contribution in [0.1, 0.15) is 6.42 Å². The van der Waals surface area contributed by atoms with Crippen LogP contribution >= 0.6 is 11.6 Å². The topological polar surface area (TPSA) is 54.5 Å². The Bertz CT molecular complexity index is 814. The number of halogens is 1. The molecule has 22 heavy (non-hydrogen) atoms. The molecule has 116 valence electrons. The van der Waals surface area contributed by atoms with Crippen LogP contribution < -0.4 is 4.90 Å². The number of hydrogen-bond acceptors (Lipinski definition) is 3. The van der Waals surface area contributed by atoms with E-state index in [0.29, 0.717) is 6.42 Å². The van der Waals surface area contributed by atoms with Gasteiger partial charge in [-0.1, -0.05) is 36.4 Å². The highest BCUT2D eigenvalue weighted by molar-refractivity contribution is 7.91. The van der Waals surface area contributed by atoms with Gasteiger partial charge in [-0.15, -0.1) is 11.6 Å². The molecule has 1 aliphatic rings. The summed E-state index contributed by atoms with van der Waals surface area (Å²) in [5, 5.41) is 1.93. The van der Waals surface area contributed by atoms with Crippen molar-refractivity contribution in [3.05, 3.63) is 42.5 Å². The van der Waals surface area contributed by atoms with Crippen molar-refractivity contribution in [2.45, 2.75) is 12.5 Å². The summed E-state index contributed by atoms with van der Waals surface area (Å²) in [4.78, 5) is 13.9. The molecular weight excluding hydrogens is 322 g/mol. The summed E-state index contributed by atoms with van der Waals surface area (Å²) in [6.45, 7) is 0. The lowest BCUT2D eigenvalue weighted by atomic mass is 10.1. The number of fused-ring (bicyclic) bond motifs is 1. The van der Waals surface area contributed by atoms with Crippen molar-refractivity contribution < 1.29 is 13.2 Å². The molecular formula is C16H16ClNO3S. The quantitative estimate of drug-likeness (QED) is 0.809. The summed E-state index contributed by atoms with van der Waals surface area (Å²) in [7, 11) is -3.08. The van der Waals surface area contributed by atoms with Crippen LogP contribution in [0.5, 0.6) is 0 Å². The molecule has 0 N–H and O–H groups in total. The van der Waals surface area contributed by atoms with E-state index in [2.05, 4.69) is 0 Å². The van der Waals surface area contributed by atoms with E-state index in [-0.39, 0.29) is 29.3 Å². The summed E-state index contributed by atoms with van der Waals surface area (Å²) in [5.74, 6) is -0.312. The van der Waals surface area contributed by atoms with E-state index in [0.717, 1.165) is 16.5 Å². The van der Waals surface area contributed by atoms with Crippen LogP contribution in [0.2, 0.25) is 0 Å². The molecule has 0 bridgehead atoms. The predicted octanol–water partition coefficient (Wildman–Crippen LogP) is 2.60. The monoisotopic (exact) mass is 337 g/mol. The summed E-state index contributed by atoms with van der Waals surface area (Å²) < 4.78 is 23.6. The number of alkyl halides is 1. The number of hydrogen-bond donors (Lipinski definition) is 0. The maximum atomic E-state index is 12.4. The minimum atomic E-state index is -3.08. The van der Waals surface area contributed by atoms with Crippen LogP contribution in [-0.4, -0.2) is 37.8 Å². The van der Waals surface area contributed by atoms with Gasteiger partial charge in [0.25, 0.3) is 0 Å². The molecule has 1 amide bonds. The smallest absolute Gasteiger partial charge is 0.242 e. The normalized spacial score (nSPS) is 20.1. The first-order chi connectivity index (χ1) is 10.5. The van der Waals surface area contributed by atoms with Crippen molar-refractivity contribution >= 4 is 43.8 Å². The lowest BCUT2D eigenvalue weighted by molar-refractivity contribution is -0.116. The zero-order chi connectivity index (χ0) is 15.7. The molecule has 0 aromatic heterocycles. The van der Waals surface area contributed by atoms with Gasteiger partial charge in [-0.2, -0.15) is 0 Å². The van der Waals surface area contributed by atoms with E-state index in [1.54, 1.807) is 4.90 Å². The van der Waals surface area contributed by atoms with E-state index in [4.69, 9.17) is 11.6 Å². The van der Waals surface area contributed by atoms with Crippen molar-refractivity contribution in [1.82, 2.24) is 0 Å². The number of benzene rings is 2. The average molecular weight is 338 g/mol. The predicted molar refractivity (Wildman–Crippen MR) is 89.2 cm³/mol. The van der Waals surface area contributed by atoms with E-state index in [1.165, 1.54) is 0 Å². The molecule has 6 heteroatoms. The molecule has 1 fully saturated rings. The minimum Gasteiger partial charge on any atom is -0.307 e. The van der Waals surface area contributed by atoms with Crippen molar-refractivity contribution in [1.29, 1.82) is 0 Å². The lowest BCUT2D eigenvalue weighted by Gasteiger charge is -2.29. The first-order valence-electron chi connectivity index (χ1n) is 7.08. The van der Waals surface area contributed by atoms with Crippen LogP contribution in [-0.2, 0) is 14.6 Å². The molecule has 3 rings (SSSR count). The zero-order valence-electron chi connectivity index (χ0n) is 11.9. The number of rotatable bonds is 3. The fourth-order valence-corrected chi connectivity index (χ4v) is 4.83. The molecule has 2 aromatic carbocycles. The van der Waals surface area contributed by atoms with Crippen molar-refractivity contribution in [3.63, 3.8) is 0 Å². The lowest BCUT2D eigenvalue weighted by Crippen LogP contribution is -2.42. The zero-order valence-corrected chi connectivity index (χ0v) is 13.5. The fourth-order valence-electron chi connectivity index (χ4n) is 3.00. The summed E-state index contributed by atoms with van der Waals surface area (Å²) in [6.07, 6.45) is 0.453. The summed E-state index contributed by atoms with van der Waals surface area (Å²) in [6, 6.07) is 13.1. The molecule has 0 aliphatic carbocycles. The molecule has 1 aliphatic heterocycles. The number of sulfone groups is 1. The number of carbonyl (C=O) groups excluding carboxylic acids is 1. The van der Waals surface area contributed by atoms with E-state index in [1.807, 2.05) is 42.5 Å². The Hall–Kier alpha value is -1.59. The largest absolute Gasteiger partial charge is 0.307 e. The maximum Gasteiger partial charge on any atom is 0.242 e. The second kappa shape index (κ2) is 5.89. The minimum absolute atomic E-state index is 0.00114. The van der Waals surface area contributed by atoms with Crippen LogP contribution in [0.15, 0.2) is 42.5 Å². The fraction of sp³-hybridized carbons (Fsp3) is 0.312. The molecule has 0 spiro atoms. The third-order valence-electron chi connectivity index (χ3n) is 3.98. The van der Waals surface area contributed by atoms with Gasteiger partial charge in [0.2, 0.25) is 5.91 Å². The number of amides is 1. The van der Waals surface area contributed by atoms with E-state index < -0.39 is 9.84 Å². The highest BCUT2D eigenvalue weighted by Gasteiger charge is 2.35. The van der Waals surface area contributed by atoms with Crippen molar-refractivity contribution in [2.75, 3.05) is 22.3 Å². The molecule has 1 saturated heterocycles. The van der Waals surface area contributed by atoms with Gasteiger partial charge in [0.05, 0.1) is 23.2 Å². The molecule has 0 saturated carbocycles. The van der Waals surface area contributed by atoms with Gasteiger partial charge in [-0.3, -0.25) is 4.79 Å². The van der Waals surface area contributed by atoms with E-state index in [9.17, 15) is 13.2 Å². The highest BCUT2D eigenvalue weighted by atomic mass is 35.5. The number of anilines is 1. The Morgan fingerprint density at radius 1 is 1.18 bits per heavy atom. The average Bonchev–Trinajstić information content (AvgIpc) is 2.87. The van der Waals surface area contributed by atoms with Gasteiger partial charge in [0, 0.05) is 5.39 Å². The highest BCUT2D eigenvalue weighted by Crippen LogP contribution is 2.31. The summed E-state index contributed by atoms with van der Waals surface area (Å²) in [5.41, 5.74) is 0.728. The van der Waals surface area contributed by atoms with Gasteiger partial charge < -0.3 is 4.90 Å². The first-order valence-corrected chi connectivity index (χ1v) is 9.43. The SMILES string of the molecule is O=C(CCl)N(c1cccc2ccccc12)C1CCS(=O)(=O)C1. The molecule has 4 nitrogen and oxygen atoms in total. The molecule has 2 aromatic rings. The molecule has 1 unspecified atom stereocenters. The Labute approximate surface area is 134 Å². The second-order valence-corrected chi connectivity index (χ2v) is 7.95. The van der Waals surface area contributed by atoms with Crippen LogP contribution in [0.25, 0.3) is 10.8 Å².